The Bertz CT molecular complexity index is 460. The third-order valence-corrected chi connectivity index (χ3v) is 3.40. The van der Waals surface area contributed by atoms with Gasteiger partial charge in [0, 0.05) is 24.7 Å². The van der Waals surface area contributed by atoms with Gasteiger partial charge in [-0.25, -0.2) is 4.98 Å². The van der Waals surface area contributed by atoms with Crippen molar-refractivity contribution >= 4 is 23.3 Å². The number of rotatable bonds is 5. The molecular formula is C13H21ClN4O. The normalized spacial score (nSPS) is 11.5. The average Bonchev–Trinajstić information content (AvgIpc) is 2.34. The van der Waals surface area contributed by atoms with E-state index in [-0.39, 0.29) is 11.4 Å². The largest absolute Gasteiger partial charge is 0.373 e. The molecule has 0 fully saturated rings. The number of likely N-dealkylation sites (N-methyl/N-ethyl adjacent to an activating group) is 1. The topological polar surface area (TPSA) is 57.3 Å². The predicted octanol–water partition coefficient (Wildman–Crippen LogP) is 1.85. The van der Waals surface area contributed by atoms with E-state index in [1.165, 1.54) is 0 Å². The van der Waals surface area contributed by atoms with Gasteiger partial charge in [0.05, 0.1) is 0 Å². The zero-order valence-electron chi connectivity index (χ0n) is 12.0. The molecule has 2 N–H and O–H groups in total. The first-order valence-corrected chi connectivity index (χ1v) is 6.45. The van der Waals surface area contributed by atoms with Gasteiger partial charge in [-0.05, 0) is 40.1 Å². The Labute approximate surface area is 119 Å². The van der Waals surface area contributed by atoms with Crippen LogP contribution in [-0.4, -0.2) is 49.0 Å². The number of amides is 1. The summed E-state index contributed by atoms with van der Waals surface area (Å²) in [4.78, 5) is 18.2. The minimum atomic E-state index is -0.157. The number of anilines is 1. The molecule has 5 nitrogen and oxygen atoms in total. The monoisotopic (exact) mass is 284 g/mol. The lowest BCUT2D eigenvalue weighted by molar-refractivity contribution is 0.0919. The Morgan fingerprint density at radius 2 is 2.05 bits per heavy atom. The molecule has 1 aromatic heterocycles. The standard InChI is InChI=1S/C13H21ClN4O/c1-13(2,18(4)5)8-16-12(19)9-6-10(14)17-11(7-9)15-3/h6-7H,8H2,1-5H3,(H,15,17)(H,16,19). The van der Waals surface area contributed by atoms with Crippen molar-refractivity contribution in [1.82, 2.24) is 15.2 Å². The van der Waals surface area contributed by atoms with Crippen LogP contribution in [0.3, 0.4) is 0 Å². The van der Waals surface area contributed by atoms with Gasteiger partial charge in [-0.15, -0.1) is 0 Å². The number of hydrogen-bond donors (Lipinski definition) is 2. The lowest BCUT2D eigenvalue weighted by Gasteiger charge is -2.32. The summed E-state index contributed by atoms with van der Waals surface area (Å²) < 4.78 is 0. The van der Waals surface area contributed by atoms with Gasteiger partial charge in [-0.1, -0.05) is 11.6 Å². The third kappa shape index (κ3) is 4.36. The lowest BCUT2D eigenvalue weighted by Crippen LogP contribution is -2.48. The molecule has 0 aliphatic heterocycles. The summed E-state index contributed by atoms with van der Waals surface area (Å²) in [5.74, 6) is 0.417. The molecule has 0 saturated heterocycles. The Morgan fingerprint density at radius 1 is 1.42 bits per heavy atom. The Kier molecular flexibility index (Phi) is 5.14. The van der Waals surface area contributed by atoms with E-state index in [1.54, 1.807) is 19.2 Å². The van der Waals surface area contributed by atoms with Gasteiger partial charge in [-0.3, -0.25) is 4.79 Å². The number of aromatic nitrogens is 1. The molecule has 0 aliphatic carbocycles. The van der Waals surface area contributed by atoms with Crippen molar-refractivity contribution in [3.63, 3.8) is 0 Å². The fourth-order valence-electron chi connectivity index (χ4n) is 1.31. The van der Waals surface area contributed by atoms with E-state index < -0.39 is 0 Å². The molecule has 0 unspecified atom stereocenters. The Morgan fingerprint density at radius 3 is 2.58 bits per heavy atom. The summed E-state index contributed by atoms with van der Waals surface area (Å²) in [5.41, 5.74) is 0.386. The Balaban J connectivity index is 2.76. The zero-order chi connectivity index (χ0) is 14.6. The van der Waals surface area contributed by atoms with Crippen LogP contribution in [0.2, 0.25) is 5.15 Å². The minimum Gasteiger partial charge on any atom is -0.373 e. The highest BCUT2D eigenvalue weighted by molar-refractivity contribution is 6.29. The molecule has 1 rings (SSSR count). The molecule has 0 spiro atoms. The number of hydrogen-bond acceptors (Lipinski definition) is 4. The summed E-state index contributed by atoms with van der Waals surface area (Å²) in [7, 11) is 5.69. The van der Waals surface area contributed by atoms with Crippen molar-refractivity contribution in [2.45, 2.75) is 19.4 Å². The highest BCUT2D eigenvalue weighted by atomic mass is 35.5. The molecule has 0 bridgehead atoms. The molecule has 1 aromatic rings. The maximum atomic E-state index is 12.1. The molecule has 0 saturated carbocycles. The first-order chi connectivity index (χ1) is 8.76. The van der Waals surface area contributed by atoms with Crippen LogP contribution in [-0.2, 0) is 0 Å². The first kappa shape index (κ1) is 15.7. The maximum Gasteiger partial charge on any atom is 0.251 e. The molecule has 106 valence electrons. The minimum absolute atomic E-state index is 0.113. The van der Waals surface area contributed by atoms with Crippen LogP contribution >= 0.6 is 11.6 Å². The van der Waals surface area contributed by atoms with Gasteiger partial charge in [0.1, 0.15) is 11.0 Å². The van der Waals surface area contributed by atoms with Crippen molar-refractivity contribution in [1.29, 1.82) is 0 Å². The highest BCUT2D eigenvalue weighted by Crippen LogP contribution is 2.14. The second-order valence-electron chi connectivity index (χ2n) is 5.20. The summed E-state index contributed by atoms with van der Waals surface area (Å²) in [5, 5.41) is 6.07. The van der Waals surface area contributed by atoms with Crippen LogP contribution in [0.25, 0.3) is 0 Å². The molecule has 1 heterocycles. The summed E-state index contributed by atoms with van der Waals surface area (Å²) >= 11 is 5.87. The van der Waals surface area contributed by atoms with E-state index >= 15 is 0 Å². The van der Waals surface area contributed by atoms with Gasteiger partial charge < -0.3 is 15.5 Å². The van der Waals surface area contributed by atoms with E-state index in [0.717, 1.165) is 0 Å². The SMILES string of the molecule is CNc1cc(C(=O)NCC(C)(C)N(C)C)cc(Cl)n1. The predicted molar refractivity (Wildman–Crippen MR) is 78.9 cm³/mol. The summed E-state index contributed by atoms with van der Waals surface area (Å²) in [6.45, 7) is 4.67. The van der Waals surface area contributed by atoms with Gasteiger partial charge >= 0.3 is 0 Å². The molecule has 6 heteroatoms. The molecule has 0 atom stereocenters. The molecule has 0 aromatic carbocycles. The second-order valence-corrected chi connectivity index (χ2v) is 5.59. The van der Waals surface area contributed by atoms with Gasteiger partial charge in [0.2, 0.25) is 0 Å². The van der Waals surface area contributed by atoms with Crippen LogP contribution in [0, 0.1) is 0 Å². The van der Waals surface area contributed by atoms with Crippen LogP contribution < -0.4 is 10.6 Å². The zero-order valence-corrected chi connectivity index (χ0v) is 12.8. The maximum absolute atomic E-state index is 12.1. The number of halogens is 1. The summed E-state index contributed by atoms with van der Waals surface area (Å²) in [6.07, 6.45) is 0. The van der Waals surface area contributed by atoms with Crippen LogP contribution in [0.5, 0.6) is 0 Å². The number of carbonyl (C=O) groups is 1. The quantitative estimate of drug-likeness (QED) is 0.810. The van der Waals surface area contributed by atoms with Crippen LogP contribution in [0.15, 0.2) is 12.1 Å². The van der Waals surface area contributed by atoms with Gasteiger partial charge in [-0.2, -0.15) is 0 Å². The number of nitrogens with zero attached hydrogens (tertiary/aromatic N) is 2. The number of pyridine rings is 1. The van der Waals surface area contributed by atoms with Crippen LogP contribution in [0.1, 0.15) is 24.2 Å². The smallest absolute Gasteiger partial charge is 0.251 e. The van der Waals surface area contributed by atoms with Crippen molar-refractivity contribution in [2.24, 2.45) is 0 Å². The van der Waals surface area contributed by atoms with Crippen molar-refractivity contribution in [2.75, 3.05) is 33.0 Å². The van der Waals surface area contributed by atoms with Crippen molar-refractivity contribution in [3.8, 4) is 0 Å². The highest BCUT2D eigenvalue weighted by Gasteiger charge is 2.21. The van der Waals surface area contributed by atoms with Crippen molar-refractivity contribution in [3.05, 3.63) is 22.8 Å². The van der Waals surface area contributed by atoms with E-state index in [0.29, 0.717) is 23.1 Å². The van der Waals surface area contributed by atoms with Gasteiger partial charge in [0.15, 0.2) is 0 Å². The molecule has 19 heavy (non-hydrogen) atoms. The molecule has 0 radical (unpaired) electrons. The fraction of sp³-hybridized carbons (Fsp3) is 0.538. The Hall–Kier alpha value is -1.33. The van der Waals surface area contributed by atoms with Gasteiger partial charge in [0.25, 0.3) is 5.91 Å². The van der Waals surface area contributed by atoms with E-state index in [2.05, 4.69) is 34.4 Å². The van der Waals surface area contributed by atoms with E-state index in [4.69, 9.17) is 11.6 Å². The second kappa shape index (κ2) is 6.21. The van der Waals surface area contributed by atoms with E-state index in [1.807, 2.05) is 14.1 Å². The van der Waals surface area contributed by atoms with Crippen LogP contribution in [0.4, 0.5) is 5.82 Å². The average molecular weight is 285 g/mol. The molecular weight excluding hydrogens is 264 g/mol. The molecule has 1 amide bonds. The summed E-state index contributed by atoms with van der Waals surface area (Å²) in [6, 6.07) is 3.23. The van der Waals surface area contributed by atoms with E-state index in [9.17, 15) is 4.79 Å². The number of carbonyl (C=O) groups excluding carboxylic acids is 1. The first-order valence-electron chi connectivity index (χ1n) is 6.07. The van der Waals surface area contributed by atoms with Crippen molar-refractivity contribution < 1.29 is 4.79 Å². The lowest BCUT2D eigenvalue weighted by atomic mass is 10.0. The number of nitrogens with one attached hydrogen (secondary N) is 2. The molecule has 0 aliphatic rings. The fourth-order valence-corrected chi connectivity index (χ4v) is 1.52. The third-order valence-electron chi connectivity index (χ3n) is 3.20.